The van der Waals surface area contributed by atoms with E-state index < -0.39 is 0 Å². The maximum Gasteiger partial charge on any atom is 0.261 e. The van der Waals surface area contributed by atoms with Gasteiger partial charge >= 0.3 is 0 Å². The number of nitrogens with zero attached hydrogens (tertiary/aromatic N) is 2. The number of fused-ring (bicyclic) bond motifs is 1. The van der Waals surface area contributed by atoms with Gasteiger partial charge in [-0.3, -0.25) is 14.2 Å². The first-order valence-electron chi connectivity index (χ1n) is 9.55. The molecule has 29 heavy (non-hydrogen) atoms. The number of anilines is 1. The number of carbonyl (C=O) groups excluding carboxylic acids is 1. The van der Waals surface area contributed by atoms with Gasteiger partial charge in [0.15, 0.2) is 11.5 Å². The predicted molar refractivity (Wildman–Crippen MR) is 113 cm³/mol. The Hall–Kier alpha value is -3.35. The van der Waals surface area contributed by atoms with E-state index in [0.29, 0.717) is 41.8 Å². The second kappa shape index (κ2) is 9.23. The van der Waals surface area contributed by atoms with Crippen LogP contribution < -0.4 is 20.3 Å². The molecule has 3 aromatic rings. The number of methoxy groups -OCH3 is 2. The van der Waals surface area contributed by atoms with Crippen LogP contribution in [0.4, 0.5) is 5.69 Å². The number of nitrogens with one attached hydrogen (secondary N) is 1. The molecule has 0 atom stereocenters. The third-order valence-corrected chi connectivity index (χ3v) is 4.78. The molecule has 2 aromatic carbocycles. The van der Waals surface area contributed by atoms with Crippen LogP contribution in [0.1, 0.15) is 25.3 Å². The van der Waals surface area contributed by atoms with Gasteiger partial charge in [0.1, 0.15) is 0 Å². The largest absolute Gasteiger partial charge is 0.493 e. The molecule has 152 valence electrons. The standard InChI is InChI=1S/C22H25N3O4/c1-4-15-7-9-16(10-8-15)24-21(26)6-5-11-25-14-23-18-13-20(29-3)19(28-2)12-17(18)22(25)27/h7-10,12-14H,4-6,11H2,1-3H3,(H,24,26). The van der Waals surface area contributed by atoms with Gasteiger partial charge in [0, 0.05) is 24.7 Å². The van der Waals surface area contributed by atoms with Crippen LogP contribution in [-0.2, 0) is 17.8 Å². The van der Waals surface area contributed by atoms with E-state index in [1.165, 1.54) is 30.7 Å². The lowest BCUT2D eigenvalue weighted by atomic mass is 10.1. The second-order valence-corrected chi connectivity index (χ2v) is 6.67. The molecule has 1 N–H and O–H groups in total. The van der Waals surface area contributed by atoms with E-state index in [9.17, 15) is 9.59 Å². The normalized spacial score (nSPS) is 10.7. The molecule has 0 fully saturated rings. The van der Waals surface area contributed by atoms with Gasteiger partial charge in [-0.15, -0.1) is 0 Å². The van der Waals surface area contributed by atoms with Crippen LogP contribution in [0, 0.1) is 0 Å². The van der Waals surface area contributed by atoms with Crippen molar-refractivity contribution < 1.29 is 14.3 Å². The highest BCUT2D eigenvalue weighted by Crippen LogP contribution is 2.29. The van der Waals surface area contributed by atoms with Crippen molar-refractivity contribution >= 4 is 22.5 Å². The van der Waals surface area contributed by atoms with E-state index in [0.717, 1.165) is 12.1 Å². The third kappa shape index (κ3) is 4.74. The molecule has 0 radical (unpaired) electrons. The quantitative estimate of drug-likeness (QED) is 0.632. The molecule has 3 rings (SSSR count). The van der Waals surface area contributed by atoms with Crippen LogP contribution in [0.3, 0.4) is 0 Å². The molecule has 0 aliphatic heterocycles. The molecule has 0 aliphatic rings. The summed E-state index contributed by atoms with van der Waals surface area (Å²) in [5.74, 6) is 0.917. The van der Waals surface area contributed by atoms with Crippen molar-refractivity contribution in [1.29, 1.82) is 0 Å². The summed E-state index contributed by atoms with van der Waals surface area (Å²) in [5.41, 5.74) is 2.36. The zero-order chi connectivity index (χ0) is 20.8. The molecule has 0 spiro atoms. The summed E-state index contributed by atoms with van der Waals surface area (Å²) < 4.78 is 12.0. The van der Waals surface area contributed by atoms with Gasteiger partial charge in [0.2, 0.25) is 5.91 Å². The Balaban J connectivity index is 1.64. The molecule has 0 saturated heterocycles. The lowest BCUT2D eigenvalue weighted by Gasteiger charge is -2.11. The van der Waals surface area contributed by atoms with E-state index in [4.69, 9.17) is 9.47 Å². The Morgan fingerprint density at radius 1 is 1.10 bits per heavy atom. The van der Waals surface area contributed by atoms with Gasteiger partial charge in [-0.25, -0.2) is 4.98 Å². The smallest absolute Gasteiger partial charge is 0.261 e. The Morgan fingerprint density at radius 2 is 1.79 bits per heavy atom. The lowest BCUT2D eigenvalue weighted by molar-refractivity contribution is -0.116. The van der Waals surface area contributed by atoms with E-state index >= 15 is 0 Å². The molecule has 1 aromatic heterocycles. The van der Waals surface area contributed by atoms with Crippen molar-refractivity contribution in [3.05, 3.63) is 58.6 Å². The molecule has 0 saturated carbocycles. The van der Waals surface area contributed by atoms with Gasteiger partial charge in [-0.1, -0.05) is 19.1 Å². The van der Waals surface area contributed by atoms with Crippen LogP contribution >= 0.6 is 0 Å². The highest BCUT2D eigenvalue weighted by Gasteiger charge is 2.11. The zero-order valence-electron chi connectivity index (χ0n) is 16.9. The molecule has 0 unspecified atom stereocenters. The monoisotopic (exact) mass is 395 g/mol. The first-order chi connectivity index (χ1) is 14.0. The Labute approximate surface area is 169 Å². The summed E-state index contributed by atoms with van der Waals surface area (Å²) in [5, 5.41) is 3.33. The maximum absolute atomic E-state index is 12.7. The lowest BCUT2D eigenvalue weighted by Crippen LogP contribution is -2.22. The van der Waals surface area contributed by atoms with E-state index in [-0.39, 0.29) is 11.5 Å². The van der Waals surface area contributed by atoms with Crippen LogP contribution in [0.2, 0.25) is 0 Å². The number of hydrogen-bond donors (Lipinski definition) is 1. The first kappa shape index (κ1) is 20.4. The minimum Gasteiger partial charge on any atom is -0.493 e. The second-order valence-electron chi connectivity index (χ2n) is 6.67. The molecular weight excluding hydrogens is 370 g/mol. The highest BCUT2D eigenvalue weighted by molar-refractivity contribution is 5.90. The molecule has 1 amide bonds. The van der Waals surface area contributed by atoms with Crippen LogP contribution in [0.15, 0.2) is 47.5 Å². The Kier molecular flexibility index (Phi) is 6.49. The van der Waals surface area contributed by atoms with E-state index in [2.05, 4.69) is 17.2 Å². The van der Waals surface area contributed by atoms with Crippen molar-refractivity contribution in [2.24, 2.45) is 0 Å². The fraction of sp³-hybridized carbons (Fsp3) is 0.318. The van der Waals surface area contributed by atoms with Gasteiger partial charge in [-0.2, -0.15) is 0 Å². The minimum absolute atomic E-state index is 0.0811. The molecule has 0 aliphatic carbocycles. The van der Waals surface area contributed by atoms with Crippen LogP contribution in [0.25, 0.3) is 10.9 Å². The number of carbonyl (C=O) groups is 1. The topological polar surface area (TPSA) is 82.5 Å². The van der Waals surface area contributed by atoms with Gasteiger partial charge in [-0.05, 0) is 36.6 Å². The van der Waals surface area contributed by atoms with Gasteiger partial charge in [0.25, 0.3) is 5.56 Å². The molecule has 0 bridgehead atoms. The van der Waals surface area contributed by atoms with E-state index in [1.807, 2.05) is 24.3 Å². The first-order valence-corrected chi connectivity index (χ1v) is 9.55. The summed E-state index contributed by atoms with van der Waals surface area (Å²) in [7, 11) is 3.06. The van der Waals surface area contributed by atoms with Gasteiger partial charge in [0.05, 0.1) is 31.4 Å². The van der Waals surface area contributed by atoms with Crippen molar-refractivity contribution in [3.63, 3.8) is 0 Å². The molecule has 7 heteroatoms. The fourth-order valence-corrected chi connectivity index (χ4v) is 3.10. The van der Waals surface area contributed by atoms with Crippen LogP contribution in [-0.4, -0.2) is 29.7 Å². The Bertz CT molecular complexity index is 1060. The summed E-state index contributed by atoms with van der Waals surface area (Å²) >= 11 is 0. The molecule has 1 heterocycles. The number of rotatable bonds is 8. The predicted octanol–water partition coefficient (Wildman–Crippen LogP) is 3.40. The van der Waals surface area contributed by atoms with Crippen molar-refractivity contribution in [2.75, 3.05) is 19.5 Å². The number of hydrogen-bond acceptors (Lipinski definition) is 5. The zero-order valence-corrected chi connectivity index (χ0v) is 16.9. The maximum atomic E-state index is 12.7. The SMILES string of the molecule is CCc1ccc(NC(=O)CCCn2cnc3cc(OC)c(OC)cc3c2=O)cc1. The summed E-state index contributed by atoms with van der Waals surface area (Å²) in [4.78, 5) is 29.2. The number of aromatic nitrogens is 2. The summed E-state index contributed by atoms with van der Waals surface area (Å²) in [6, 6.07) is 11.1. The minimum atomic E-state index is -0.175. The van der Waals surface area contributed by atoms with Crippen molar-refractivity contribution in [1.82, 2.24) is 9.55 Å². The Morgan fingerprint density at radius 3 is 2.45 bits per heavy atom. The average Bonchev–Trinajstić information content (AvgIpc) is 2.75. The third-order valence-electron chi connectivity index (χ3n) is 4.78. The fourth-order valence-electron chi connectivity index (χ4n) is 3.10. The van der Waals surface area contributed by atoms with E-state index in [1.54, 1.807) is 12.1 Å². The molecular formula is C22H25N3O4. The van der Waals surface area contributed by atoms with Crippen LogP contribution in [0.5, 0.6) is 11.5 Å². The molecule has 7 nitrogen and oxygen atoms in total. The van der Waals surface area contributed by atoms with Crippen molar-refractivity contribution in [2.45, 2.75) is 32.7 Å². The van der Waals surface area contributed by atoms with Crippen molar-refractivity contribution in [3.8, 4) is 11.5 Å². The number of amides is 1. The number of benzene rings is 2. The number of aryl methyl sites for hydroxylation is 2. The summed E-state index contributed by atoms with van der Waals surface area (Å²) in [6.07, 6.45) is 3.30. The average molecular weight is 395 g/mol. The highest BCUT2D eigenvalue weighted by atomic mass is 16.5. The summed E-state index contributed by atoms with van der Waals surface area (Å²) in [6.45, 7) is 2.49. The number of ether oxygens (including phenoxy) is 2. The van der Waals surface area contributed by atoms with Gasteiger partial charge < -0.3 is 14.8 Å².